The van der Waals surface area contributed by atoms with E-state index in [0.29, 0.717) is 81.2 Å². The summed E-state index contributed by atoms with van der Waals surface area (Å²) in [6.07, 6.45) is 30.3. The van der Waals surface area contributed by atoms with Gasteiger partial charge in [0.25, 0.3) is 0 Å². The summed E-state index contributed by atoms with van der Waals surface area (Å²) in [5, 5.41) is 55.7. The van der Waals surface area contributed by atoms with E-state index in [0.717, 1.165) is 79.0 Å². The van der Waals surface area contributed by atoms with Crippen molar-refractivity contribution in [3.05, 3.63) is 266 Å². The molecule has 5 saturated carbocycles. The SMILES string of the molecule is CC(C)(C)S(=O)N=C(CCC1CC1)c1cccc(C#N)c1.CC(C)(C)S(=O)NC(CCC1CC1)(c1cccc(C#N)c1)c1ccc(F)c(N)c1.CC(C)(C)[S@](N)=O.CC(C)O.CC(C)O.CC(C)O.CC(C)O.CCC[CH2][SnH]([CH2]CCC)[CH2]CCC.CN(c1c[c-]ccc1F)[Si](C)(C)C.O=CC1CC1.[Br-].[C-]#[N+]c1cccc(C(=O)/C=C/C2CC2)c1.[C-]#[N+]c1cccc(C(=O)CCC2CC2)c1.[C-]#[N+]c1cccc(C(C)=O)c1.[K+].[Mg+2].[OH-].[Ti]. The monoisotopic (exact) mass is 2380 g/mol. The van der Waals surface area contributed by atoms with Crippen LogP contribution in [0, 0.1) is 89.7 Å². The van der Waals surface area contributed by atoms with Crippen molar-refractivity contribution in [2.75, 3.05) is 17.3 Å². The molecule has 0 aromatic heterocycles. The molecule has 0 bridgehead atoms. The Morgan fingerprint density at radius 1 is 0.580 bits per heavy atom. The number of carbonyl (C=O) groups excluding carboxylic acids is 4. The Morgan fingerprint density at radius 3 is 1.35 bits per heavy atom. The predicted octanol–water partition coefficient (Wildman–Crippen LogP) is 21.7. The number of hydrogen-bond acceptors (Lipinski definition) is 16. The minimum Gasteiger partial charge on any atom is -1.00 e. The van der Waals surface area contributed by atoms with Gasteiger partial charge in [0.05, 0.1) is 96.1 Å². The second kappa shape index (κ2) is 84.5. The average molecular weight is 2380 g/mol. The molecule has 12 rings (SSSR count). The Balaban J connectivity index is -0.000000390. The molecule has 150 heavy (non-hydrogen) atoms. The molecule has 0 spiro atoms. The van der Waals surface area contributed by atoms with Crippen LogP contribution in [0.15, 0.2) is 174 Å². The summed E-state index contributed by atoms with van der Waals surface area (Å²) >= 11 is -0.967. The van der Waals surface area contributed by atoms with E-state index in [1.807, 2.05) is 116 Å². The van der Waals surface area contributed by atoms with E-state index in [1.165, 1.54) is 109 Å². The number of aliphatic hydroxyl groups excluding tert-OH is 4. The Labute approximate surface area is 1000 Å². The van der Waals surface area contributed by atoms with Gasteiger partial charge in [0, 0.05) is 81.0 Å². The summed E-state index contributed by atoms with van der Waals surface area (Å²) in [6, 6.07) is 51.9. The molecule has 818 valence electrons. The van der Waals surface area contributed by atoms with Crippen LogP contribution in [0.2, 0.25) is 33.0 Å². The van der Waals surface area contributed by atoms with E-state index >= 15 is 0 Å². The summed E-state index contributed by atoms with van der Waals surface area (Å²) in [7, 11) is -3.36. The van der Waals surface area contributed by atoms with Gasteiger partial charge < -0.3 is 58.0 Å². The first-order chi connectivity index (χ1) is 67.9. The molecule has 0 radical (unpaired) electrons. The third-order valence-electron chi connectivity index (χ3n) is 22.0. The molecule has 0 amide bonds. The predicted molar refractivity (Wildman–Crippen MR) is 615 cm³/mol. The fourth-order valence-electron chi connectivity index (χ4n) is 12.4. The number of halogens is 3. The van der Waals surface area contributed by atoms with Gasteiger partial charge in [-0.05, 0) is 296 Å². The van der Waals surface area contributed by atoms with E-state index in [2.05, 4.69) is 82.3 Å². The number of hydrogen-bond donors (Lipinski definition) is 7. The number of anilines is 2. The van der Waals surface area contributed by atoms with Crippen LogP contribution in [-0.4, -0.2) is 165 Å². The first-order valence-corrected chi connectivity index (χ1v) is 65.1. The van der Waals surface area contributed by atoms with Gasteiger partial charge in [0.1, 0.15) is 31.3 Å². The van der Waals surface area contributed by atoms with Crippen LogP contribution in [-0.2, 0) is 65.0 Å². The molecule has 5 aliphatic carbocycles. The zero-order chi connectivity index (χ0) is 110. The number of aldehydes is 1. The summed E-state index contributed by atoms with van der Waals surface area (Å²) < 4.78 is 77.0. The maximum absolute atomic E-state index is 13.9. The van der Waals surface area contributed by atoms with Crippen molar-refractivity contribution in [2.24, 2.45) is 39.1 Å². The third kappa shape index (κ3) is 76.1. The topological polar surface area (TPSA) is 371 Å². The van der Waals surface area contributed by atoms with Crippen LogP contribution < -0.4 is 88.5 Å². The second-order valence-corrected chi connectivity index (χ2v) is 62.6. The number of Topliss-reactive ketones (excluding diaryl/α,β-unsaturated/α-hetero) is 2. The number of ketones is 3. The van der Waals surface area contributed by atoms with Crippen molar-refractivity contribution in [3.8, 4) is 12.1 Å². The maximum Gasteiger partial charge on any atom is 2.00 e. The Bertz CT molecular complexity index is 5330. The van der Waals surface area contributed by atoms with Gasteiger partial charge in [0.2, 0.25) is 0 Å². The van der Waals surface area contributed by atoms with Crippen LogP contribution in [0.1, 0.15) is 346 Å². The van der Waals surface area contributed by atoms with Crippen LogP contribution >= 0.6 is 0 Å². The van der Waals surface area contributed by atoms with Crippen molar-refractivity contribution >= 4 is 142 Å². The van der Waals surface area contributed by atoms with Crippen molar-refractivity contribution in [3.63, 3.8) is 0 Å². The number of nitriles is 2. The van der Waals surface area contributed by atoms with Crippen molar-refractivity contribution in [1.29, 1.82) is 10.5 Å². The number of nitrogens with two attached hydrogens (primary N) is 2. The molecular weight excluding hydrogens is 2210 g/mol. The summed E-state index contributed by atoms with van der Waals surface area (Å²) in [5.74, 6) is 2.83. The van der Waals surface area contributed by atoms with Crippen LogP contribution in [0.25, 0.3) is 14.5 Å². The number of nitrogens with one attached hydrogen (secondary N) is 1. The van der Waals surface area contributed by atoms with Crippen LogP contribution in [0.4, 0.5) is 37.2 Å². The average Bonchev–Trinajstić information content (AvgIpc) is 1.34. The first-order valence-electron chi connectivity index (χ1n) is 51.1. The Kier molecular flexibility index (Phi) is 87.3. The summed E-state index contributed by atoms with van der Waals surface area (Å²) in [6.45, 7) is 66.3. The normalized spacial score (nSPS) is 13.8. The molecule has 0 aliphatic heterocycles. The van der Waals surface area contributed by atoms with Gasteiger partial charge in [-0.2, -0.15) is 33.1 Å². The molecule has 0 heterocycles. The van der Waals surface area contributed by atoms with Crippen molar-refractivity contribution in [2.45, 2.75) is 364 Å². The van der Waals surface area contributed by atoms with E-state index in [1.54, 1.807) is 184 Å². The largest absolute Gasteiger partial charge is 2.00 e. The number of aliphatic hydroxyl groups is 4. The molecule has 5 fully saturated rings. The number of nitrogens with zero attached hydrogens (tertiary/aromatic N) is 7. The zero-order valence-electron chi connectivity index (χ0n) is 94.6. The molecular formula is C117H174BrF2KMgN10O12S3SiSnTi. The number of benzene rings is 7. The standard InChI is InChI=1S/C23H28FN3OS.C17H22N2OS.C13H13NO.C13H11NO.C10H15FNSi.C9H7NO.C4H11NOS.C4H6O.3C4H9.4C3H8O.BrH.K.Mg.H2O.Sn.Ti.H/c1-22(2,3)29(28)27-23(12-11-16-7-8-16,18-6-4-5-17(13-18)15-25)19-9-10-20(24)21(26)14-19;1-17(2,3)21(20)19-16(10-9-13-7-8-13)15-6-4-5-14(11-15)12-18;2*1-14-12-4-2-3-11(9-12)13(15)8-7-10-5-6-10;1-12(13(2,3)4)10-8-6-5-7-9(10)11;1-7(11)8-4-3-5-9(6-8)10-2;1-4(2,3)7(5)6;5-3-4-1-2-4;3*1-3-4-2;4*1-3(2)4;;;;;;;/h4-6,9-10,13-14,16,27H,7-8,11-12,26H2,1-3H3;4-6,11,13H,7-10H2,1-3H3;2-4,9-10H,5-8H2;2-4,7-10H,5-6H2;5,7-8H,1-4H3;3-6H,1H3;5H2,1-3H3;3-4H,1-2H2;3*1,3-4H2,2H3;4*3-4H,1-2H3;1H;;;1H2;;;/q;;;;-1;;;;;;;;;;;;+1;+2;;;;/p-2/b;;;8-7+;;;;;;;;;;;;;;;;;;/t;;;;;;7-;;;;;;;;;;;;;;;/m......1.............../s1. The summed E-state index contributed by atoms with van der Waals surface area (Å²) in [5.41, 5.74) is 13.8. The maximum atomic E-state index is 13.9. The Morgan fingerprint density at radius 2 is 0.973 bits per heavy atom. The van der Waals surface area contributed by atoms with E-state index in [9.17, 15) is 45.8 Å². The zero-order valence-corrected chi connectivity index (χ0v) is 109. The molecule has 10 N–H and O–H groups in total. The second-order valence-electron chi connectivity index (χ2n) is 42.0. The molecule has 3 unspecified atom stereocenters. The molecule has 33 heteroatoms. The van der Waals surface area contributed by atoms with Gasteiger partial charge in [-0.15, -0.1) is 6.07 Å². The number of carbonyl (C=O) groups is 4. The molecule has 7 aromatic rings. The molecule has 4 atom stereocenters. The fraction of sp³-hybridized carbons (Fsp3) is 0.538. The van der Waals surface area contributed by atoms with Crippen molar-refractivity contribution in [1.82, 2.24) is 4.72 Å². The van der Waals surface area contributed by atoms with Gasteiger partial charge in [-0.25, -0.2) is 40.7 Å². The number of allylic oxidation sites excluding steroid dienone is 2. The quantitative estimate of drug-likeness (QED) is 0.00392. The molecule has 0 saturated heterocycles. The number of rotatable bonds is 32. The molecule has 22 nitrogen and oxygen atoms in total. The van der Waals surface area contributed by atoms with Gasteiger partial charge in [-0.1, -0.05) is 149 Å². The van der Waals surface area contributed by atoms with Gasteiger partial charge in [-0.3, -0.25) is 19.5 Å². The van der Waals surface area contributed by atoms with E-state index in [4.69, 9.17) is 56.3 Å². The Hall–Kier alpha value is -5.68. The van der Waals surface area contributed by atoms with Crippen molar-refractivity contribution < 1.29 is 157 Å². The van der Waals surface area contributed by atoms with Gasteiger partial charge >= 0.3 is 167 Å². The number of unbranched alkanes of at least 4 members (excludes halogenated alkanes) is 3. The minimum atomic E-state index is -1.46. The molecule has 7 aromatic carbocycles. The third-order valence-corrected chi connectivity index (χ3v) is 39.0. The number of nitrogen functional groups attached to an aromatic ring is 1. The first kappa shape index (κ1) is 155. The fourth-order valence-corrected chi connectivity index (χ4v) is 25.8. The van der Waals surface area contributed by atoms with E-state index in [-0.39, 0.29) is 181 Å². The summed E-state index contributed by atoms with van der Waals surface area (Å²) in [4.78, 5) is 53.6. The smallest absolute Gasteiger partial charge is 1.00 e. The molecule has 5 aliphatic rings. The minimum absolute atomic E-state index is 0. The van der Waals surface area contributed by atoms with Crippen LogP contribution in [0.3, 0.4) is 0 Å². The van der Waals surface area contributed by atoms with Gasteiger partial charge in [0.15, 0.2) is 34.4 Å². The van der Waals surface area contributed by atoms with Crippen LogP contribution in [0.5, 0.6) is 0 Å². The van der Waals surface area contributed by atoms with E-state index < -0.39 is 77.1 Å².